The highest BCUT2D eigenvalue weighted by molar-refractivity contribution is 4.97. The van der Waals surface area contributed by atoms with Crippen LogP contribution in [0.2, 0.25) is 0 Å². The van der Waals surface area contributed by atoms with Crippen LogP contribution in [0.15, 0.2) is 0 Å². The molecule has 0 heterocycles. The van der Waals surface area contributed by atoms with Crippen LogP contribution in [-0.2, 0) is 0 Å². The first-order valence-electron chi connectivity index (χ1n) is 4.13. The van der Waals surface area contributed by atoms with Gasteiger partial charge in [0.05, 0.1) is 6.54 Å². The van der Waals surface area contributed by atoms with Gasteiger partial charge in [0.1, 0.15) is 6.61 Å². The molecule has 0 fully saturated rings. The van der Waals surface area contributed by atoms with Crippen LogP contribution >= 0.6 is 0 Å². The molecule has 2 N–H and O–H groups in total. The molecule has 13 heavy (non-hydrogen) atoms. The molecule has 0 aliphatic carbocycles. The molecule has 0 aliphatic heterocycles. The first-order valence-corrected chi connectivity index (χ1v) is 4.13. The molecule has 4 heteroatoms. The summed E-state index contributed by atoms with van der Waals surface area (Å²) in [6.07, 6.45) is 0.540. The quantitative estimate of drug-likeness (QED) is 0.635. The molecule has 2 nitrogen and oxygen atoms in total. The third-order valence-corrected chi connectivity index (χ3v) is 1.53. The Bertz CT molecular complexity index is 196. The van der Waals surface area contributed by atoms with Crippen molar-refractivity contribution < 1.29 is 13.9 Å². The van der Waals surface area contributed by atoms with Crippen molar-refractivity contribution in [1.29, 1.82) is 0 Å². The van der Waals surface area contributed by atoms with E-state index in [0.29, 0.717) is 6.42 Å². The lowest BCUT2D eigenvalue weighted by Gasteiger charge is -2.17. The van der Waals surface area contributed by atoms with Gasteiger partial charge in [-0.3, -0.25) is 0 Å². The molecule has 76 valence electrons. The highest BCUT2D eigenvalue weighted by Gasteiger charge is 2.27. The third-order valence-electron chi connectivity index (χ3n) is 1.53. The van der Waals surface area contributed by atoms with Crippen LogP contribution in [0.4, 0.5) is 8.78 Å². The van der Waals surface area contributed by atoms with E-state index in [-0.39, 0.29) is 6.04 Å². The summed E-state index contributed by atoms with van der Waals surface area (Å²) in [7, 11) is 0. The Labute approximate surface area is 77.3 Å². The van der Waals surface area contributed by atoms with Crippen molar-refractivity contribution in [2.24, 2.45) is 0 Å². The molecule has 0 spiro atoms. The average Bonchev–Trinajstić information content (AvgIpc) is 2.11. The molecule has 0 radical (unpaired) electrons. The van der Waals surface area contributed by atoms with Crippen LogP contribution in [0.25, 0.3) is 0 Å². The van der Waals surface area contributed by atoms with Gasteiger partial charge in [-0.2, -0.15) is 0 Å². The van der Waals surface area contributed by atoms with Gasteiger partial charge in [-0.15, -0.1) is 11.8 Å². The first kappa shape index (κ1) is 12.3. The zero-order valence-electron chi connectivity index (χ0n) is 7.90. The number of hydrogen-bond acceptors (Lipinski definition) is 2. The predicted molar refractivity (Wildman–Crippen MR) is 47.6 cm³/mol. The molecular formula is C9H15F2NO. The molecule has 0 aromatic rings. The second-order valence-corrected chi connectivity index (χ2v) is 2.93. The second-order valence-electron chi connectivity index (χ2n) is 2.93. The molecule has 0 amide bonds. The Kier molecular flexibility index (Phi) is 5.60. The lowest BCUT2D eigenvalue weighted by molar-refractivity contribution is -0.0489. The second kappa shape index (κ2) is 5.90. The van der Waals surface area contributed by atoms with E-state index in [1.807, 2.05) is 0 Å². The molecule has 1 atom stereocenters. The topological polar surface area (TPSA) is 32.3 Å². The molecule has 0 aromatic carbocycles. The minimum absolute atomic E-state index is 0.0788. The van der Waals surface area contributed by atoms with Crippen molar-refractivity contribution in [3.8, 4) is 11.8 Å². The zero-order valence-corrected chi connectivity index (χ0v) is 7.90. The Morgan fingerprint density at radius 3 is 2.62 bits per heavy atom. The Morgan fingerprint density at radius 1 is 1.54 bits per heavy atom. The fourth-order valence-corrected chi connectivity index (χ4v) is 0.707. The molecule has 0 saturated carbocycles. The third kappa shape index (κ3) is 6.50. The van der Waals surface area contributed by atoms with E-state index in [4.69, 9.17) is 5.11 Å². The maximum Gasteiger partial charge on any atom is 0.282 e. The maximum atomic E-state index is 12.5. The monoisotopic (exact) mass is 191 g/mol. The summed E-state index contributed by atoms with van der Waals surface area (Å²) < 4.78 is 25.0. The first-order chi connectivity index (χ1) is 6.02. The van der Waals surface area contributed by atoms with E-state index >= 15 is 0 Å². The lowest BCUT2D eigenvalue weighted by atomic mass is 10.2. The largest absolute Gasteiger partial charge is 0.390 e. The molecule has 0 aromatic heterocycles. The number of nitrogens with one attached hydrogen (secondary N) is 1. The van der Waals surface area contributed by atoms with Crippen LogP contribution in [0.3, 0.4) is 0 Å². The van der Waals surface area contributed by atoms with Gasteiger partial charge in [0.2, 0.25) is 0 Å². The van der Waals surface area contributed by atoms with Gasteiger partial charge in [0.25, 0.3) is 5.92 Å². The minimum atomic E-state index is -3.03. The average molecular weight is 191 g/mol. The van der Waals surface area contributed by atoms with Gasteiger partial charge in [0.15, 0.2) is 0 Å². The molecule has 0 bridgehead atoms. The summed E-state index contributed by atoms with van der Waals surface area (Å²) in [5.41, 5.74) is 0. The van der Waals surface area contributed by atoms with Crippen molar-refractivity contribution in [3.63, 3.8) is 0 Å². The van der Waals surface area contributed by atoms with E-state index in [1.54, 1.807) is 13.8 Å². The smallest absolute Gasteiger partial charge is 0.282 e. The van der Waals surface area contributed by atoms with Crippen LogP contribution < -0.4 is 5.32 Å². The van der Waals surface area contributed by atoms with Gasteiger partial charge >= 0.3 is 0 Å². The van der Waals surface area contributed by atoms with E-state index in [9.17, 15) is 8.78 Å². The van der Waals surface area contributed by atoms with Crippen LogP contribution in [0, 0.1) is 11.8 Å². The number of aliphatic hydroxyl groups is 1. The minimum Gasteiger partial charge on any atom is -0.390 e. The van der Waals surface area contributed by atoms with Gasteiger partial charge in [-0.05, 0) is 13.8 Å². The standard InChI is InChI=1S/C9H15F2NO/c1-3-4-5-8(2)12-6-9(10,11)7-13/h8,12-13H,5-7H2,1-2H3/t8-/m1/s1. The summed E-state index contributed by atoms with van der Waals surface area (Å²) in [4.78, 5) is 0. The fourth-order valence-electron chi connectivity index (χ4n) is 0.707. The van der Waals surface area contributed by atoms with Crippen LogP contribution in [0.5, 0.6) is 0 Å². The molecule has 0 saturated heterocycles. The van der Waals surface area contributed by atoms with Crippen LogP contribution in [-0.4, -0.2) is 30.2 Å². The Morgan fingerprint density at radius 2 is 2.15 bits per heavy atom. The van der Waals surface area contributed by atoms with Gasteiger partial charge in [-0.1, -0.05) is 0 Å². The highest BCUT2D eigenvalue weighted by Crippen LogP contribution is 2.10. The van der Waals surface area contributed by atoms with Crippen molar-refractivity contribution >= 4 is 0 Å². The number of rotatable bonds is 5. The van der Waals surface area contributed by atoms with Crippen molar-refractivity contribution in [1.82, 2.24) is 5.32 Å². The summed E-state index contributed by atoms with van der Waals surface area (Å²) in [5.74, 6) is 2.43. The predicted octanol–water partition coefficient (Wildman–Crippen LogP) is 1.01. The van der Waals surface area contributed by atoms with E-state index in [2.05, 4.69) is 17.2 Å². The number of hydrogen-bond donors (Lipinski definition) is 2. The van der Waals surface area contributed by atoms with Gasteiger partial charge in [0, 0.05) is 12.5 Å². The summed E-state index contributed by atoms with van der Waals surface area (Å²) in [6.45, 7) is 1.86. The lowest BCUT2D eigenvalue weighted by Crippen LogP contribution is -2.39. The highest BCUT2D eigenvalue weighted by atomic mass is 19.3. The summed E-state index contributed by atoms with van der Waals surface area (Å²) in [6, 6.07) is -0.0788. The van der Waals surface area contributed by atoms with Crippen molar-refractivity contribution in [2.75, 3.05) is 13.2 Å². The van der Waals surface area contributed by atoms with Crippen molar-refractivity contribution in [2.45, 2.75) is 32.2 Å². The Balaban J connectivity index is 3.67. The van der Waals surface area contributed by atoms with Crippen molar-refractivity contribution in [3.05, 3.63) is 0 Å². The van der Waals surface area contributed by atoms with Crippen LogP contribution in [0.1, 0.15) is 20.3 Å². The number of alkyl halides is 2. The molecule has 0 aliphatic rings. The summed E-state index contributed by atoms with van der Waals surface area (Å²) >= 11 is 0. The van der Waals surface area contributed by atoms with E-state index in [1.165, 1.54) is 0 Å². The van der Waals surface area contributed by atoms with Gasteiger partial charge < -0.3 is 10.4 Å². The normalized spacial score (nSPS) is 13.3. The Hall–Kier alpha value is -0.660. The molecule has 0 unspecified atom stereocenters. The molecule has 0 rings (SSSR count). The van der Waals surface area contributed by atoms with E-state index < -0.39 is 19.1 Å². The number of aliphatic hydroxyl groups excluding tert-OH is 1. The number of halogens is 2. The fraction of sp³-hybridized carbons (Fsp3) is 0.778. The SMILES string of the molecule is CC#CC[C@@H](C)NCC(F)(F)CO. The summed E-state index contributed by atoms with van der Waals surface area (Å²) in [5, 5.41) is 10.9. The molecular weight excluding hydrogens is 176 g/mol. The van der Waals surface area contributed by atoms with Gasteiger partial charge in [-0.25, -0.2) is 8.78 Å². The van der Waals surface area contributed by atoms with E-state index in [0.717, 1.165) is 0 Å². The maximum absolute atomic E-state index is 12.5. The zero-order chi connectivity index (χ0) is 10.3.